The molecule has 2 amide bonds. The molecule has 0 heterocycles. The number of urea groups is 1. The van der Waals surface area contributed by atoms with E-state index in [4.69, 9.17) is 5.73 Å². The highest BCUT2D eigenvalue weighted by Gasteiger charge is 2.42. The molecule has 0 aromatic heterocycles. The molecule has 0 fully saturated rings. The van der Waals surface area contributed by atoms with Crippen LogP contribution in [0.15, 0.2) is 0 Å². The summed E-state index contributed by atoms with van der Waals surface area (Å²) in [7, 11) is 1.76. The number of hydrogen-bond acceptors (Lipinski definition) is 3. The number of carbonyl (C=O) groups excluding carboxylic acids is 1. The van der Waals surface area contributed by atoms with Crippen molar-refractivity contribution in [3.63, 3.8) is 0 Å². The Hall–Kier alpha value is -0.810. The van der Waals surface area contributed by atoms with Crippen LogP contribution >= 0.6 is 0 Å². The van der Waals surface area contributed by atoms with E-state index in [1.807, 2.05) is 13.8 Å². The highest BCUT2D eigenvalue weighted by atomic mass is 16.5. The molecule has 0 bridgehead atoms. The quantitative estimate of drug-likeness (QED) is 0.447. The maximum absolute atomic E-state index is 10.8. The molecule has 0 unspecified atom stereocenters. The lowest BCUT2D eigenvalue weighted by Crippen LogP contribution is -2.64. The van der Waals surface area contributed by atoms with E-state index in [1.165, 1.54) is 0 Å². The minimum atomic E-state index is -0.853. The van der Waals surface area contributed by atoms with Crippen LogP contribution in [0.25, 0.3) is 0 Å². The lowest BCUT2D eigenvalue weighted by Gasteiger charge is -2.45. The number of likely N-dealkylation sites (N-methyl/N-ethyl adjacent to an activating group) is 1. The predicted molar refractivity (Wildman–Crippen MR) is 50.4 cm³/mol. The molecule has 0 rings (SSSR count). The van der Waals surface area contributed by atoms with Crippen molar-refractivity contribution in [3.05, 3.63) is 0 Å². The monoisotopic (exact) mass is 189 g/mol. The van der Waals surface area contributed by atoms with Crippen LogP contribution in [0.1, 0.15) is 27.7 Å². The van der Waals surface area contributed by atoms with Gasteiger partial charge in [0.1, 0.15) is 0 Å². The van der Waals surface area contributed by atoms with Crippen LogP contribution in [0.3, 0.4) is 0 Å². The molecule has 0 aromatic carbocycles. The average Bonchev–Trinajstić information content (AvgIpc) is 2.02. The summed E-state index contributed by atoms with van der Waals surface area (Å²) >= 11 is 0. The summed E-state index contributed by atoms with van der Waals surface area (Å²) in [5, 5.41) is 13.0. The first-order valence-corrected chi connectivity index (χ1v) is 4.14. The molecular formula is C8H19N3O2. The highest BCUT2D eigenvalue weighted by molar-refractivity contribution is 5.71. The van der Waals surface area contributed by atoms with Gasteiger partial charge < -0.3 is 11.1 Å². The Morgan fingerprint density at radius 2 is 1.77 bits per heavy atom. The summed E-state index contributed by atoms with van der Waals surface area (Å²) in [5.41, 5.74) is 3.78. The molecule has 0 atom stereocenters. The van der Waals surface area contributed by atoms with E-state index in [0.29, 0.717) is 5.06 Å². The van der Waals surface area contributed by atoms with Gasteiger partial charge in [-0.1, -0.05) is 0 Å². The van der Waals surface area contributed by atoms with Gasteiger partial charge in [0.15, 0.2) is 0 Å². The van der Waals surface area contributed by atoms with E-state index in [2.05, 4.69) is 5.32 Å². The number of hydrogen-bond donors (Lipinski definition) is 3. The van der Waals surface area contributed by atoms with Crippen molar-refractivity contribution in [2.24, 2.45) is 5.73 Å². The number of nitrogens with one attached hydrogen (secondary N) is 1. The molecule has 0 aliphatic rings. The van der Waals surface area contributed by atoms with Gasteiger partial charge in [0.05, 0.1) is 5.54 Å². The molecule has 78 valence electrons. The van der Waals surface area contributed by atoms with Crippen molar-refractivity contribution in [1.29, 1.82) is 0 Å². The molecule has 0 aromatic rings. The minimum absolute atomic E-state index is 0.434. The largest absolute Gasteiger partial charge is 0.350 e. The summed E-state index contributed by atoms with van der Waals surface area (Å²) < 4.78 is 0. The third-order valence-electron chi connectivity index (χ3n) is 2.89. The van der Waals surface area contributed by atoms with Crippen LogP contribution in [-0.4, -0.2) is 34.4 Å². The lowest BCUT2D eigenvalue weighted by atomic mass is 9.82. The Morgan fingerprint density at radius 3 is 2.00 bits per heavy atom. The smallest absolute Gasteiger partial charge is 0.339 e. The number of hydroxylamine groups is 2. The van der Waals surface area contributed by atoms with Crippen LogP contribution in [0.2, 0.25) is 0 Å². The second-order valence-electron chi connectivity index (χ2n) is 4.08. The van der Waals surface area contributed by atoms with Gasteiger partial charge in [-0.05, 0) is 34.7 Å². The topological polar surface area (TPSA) is 78.6 Å². The van der Waals surface area contributed by atoms with Crippen molar-refractivity contribution in [3.8, 4) is 0 Å². The van der Waals surface area contributed by atoms with E-state index in [9.17, 15) is 10.0 Å². The van der Waals surface area contributed by atoms with Crippen LogP contribution in [0, 0.1) is 0 Å². The lowest BCUT2D eigenvalue weighted by molar-refractivity contribution is -0.137. The normalized spacial score (nSPS) is 12.8. The van der Waals surface area contributed by atoms with Gasteiger partial charge in [0.25, 0.3) is 0 Å². The zero-order valence-electron chi connectivity index (χ0n) is 8.88. The molecule has 0 spiro atoms. The Bertz CT molecular complexity index is 202. The molecule has 4 N–H and O–H groups in total. The molecule has 0 aliphatic heterocycles. The molecule has 0 radical (unpaired) electrons. The molecule has 0 saturated carbocycles. The second kappa shape index (κ2) is 3.51. The standard InChI is InChI=1S/C8H19N3O2/c1-7(2,10-5)8(3,4)11(13)6(9)12/h10,13H,1-5H3,(H2,9,12). The van der Waals surface area contributed by atoms with Crippen LogP contribution in [0.5, 0.6) is 0 Å². The summed E-state index contributed by atoms with van der Waals surface area (Å²) in [4.78, 5) is 10.8. The number of carbonyl (C=O) groups is 1. The van der Waals surface area contributed by atoms with Crippen LogP contribution in [-0.2, 0) is 0 Å². The van der Waals surface area contributed by atoms with Gasteiger partial charge in [-0.15, -0.1) is 0 Å². The molecule has 13 heavy (non-hydrogen) atoms. The maximum Gasteiger partial charge on any atom is 0.339 e. The van der Waals surface area contributed by atoms with E-state index in [-0.39, 0.29) is 0 Å². The van der Waals surface area contributed by atoms with Gasteiger partial charge in [-0.25, -0.2) is 4.79 Å². The van der Waals surface area contributed by atoms with Gasteiger partial charge >= 0.3 is 6.03 Å². The number of amides is 2. The highest BCUT2D eigenvalue weighted by Crippen LogP contribution is 2.25. The predicted octanol–water partition coefficient (Wildman–Crippen LogP) is 0.533. The van der Waals surface area contributed by atoms with Crippen molar-refractivity contribution in [1.82, 2.24) is 10.4 Å². The van der Waals surface area contributed by atoms with Crippen LogP contribution < -0.4 is 11.1 Å². The fraction of sp³-hybridized carbons (Fsp3) is 0.875. The minimum Gasteiger partial charge on any atom is -0.350 e. The Balaban J connectivity index is 4.84. The van der Waals surface area contributed by atoms with Gasteiger partial charge in [-0.2, -0.15) is 5.06 Å². The zero-order chi connectivity index (χ0) is 10.9. The third kappa shape index (κ3) is 2.10. The summed E-state index contributed by atoms with van der Waals surface area (Å²) in [6.45, 7) is 7.21. The van der Waals surface area contributed by atoms with Gasteiger partial charge in [0.2, 0.25) is 0 Å². The Morgan fingerprint density at radius 1 is 1.38 bits per heavy atom. The van der Waals surface area contributed by atoms with E-state index in [1.54, 1.807) is 20.9 Å². The first-order valence-electron chi connectivity index (χ1n) is 4.14. The van der Waals surface area contributed by atoms with Crippen molar-refractivity contribution in [2.45, 2.75) is 38.8 Å². The Labute approximate surface area is 78.9 Å². The van der Waals surface area contributed by atoms with Crippen molar-refractivity contribution >= 4 is 6.03 Å². The molecule has 5 heteroatoms. The van der Waals surface area contributed by atoms with E-state index in [0.717, 1.165) is 0 Å². The first kappa shape index (κ1) is 12.2. The zero-order valence-corrected chi connectivity index (χ0v) is 8.88. The van der Waals surface area contributed by atoms with Crippen molar-refractivity contribution in [2.75, 3.05) is 7.05 Å². The van der Waals surface area contributed by atoms with Gasteiger partial charge in [0, 0.05) is 5.54 Å². The summed E-state index contributed by atoms with van der Waals surface area (Å²) in [6, 6.07) is -0.853. The summed E-state index contributed by atoms with van der Waals surface area (Å²) in [6.07, 6.45) is 0. The Kier molecular flexibility index (Phi) is 3.29. The molecule has 0 aliphatic carbocycles. The maximum atomic E-state index is 10.8. The van der Waals surface area contributed by atoms with E-state index < -0.39 is 17.1 Å². The number of primary amides is 1. The third-order valence-corrected chi connectivity index (χ3v) is 2.89. The molecular weight excluding hydrogens is 170 g/mol. The number of nitrogens with two attached hydrogens (primary N) is 1. The van der Waals surface area contributed by atoms with Gasteiger partial charge in [-0.3, -0.25) is 5.21 Å². The summed E-state index contributed by atoms with van der Waals surface area (Å²) in [5.74, 6) is 0. The fourth-order valence-electron chi connectivity index (χ4n) is 0.846. The second-order valence-corrected chi connectivity index (χ2v) is 4.08. The van der Waals surface area contributed by atoms with Crippen molar-refractivity contribution < 1.29 is 10.0 Å². The number of rotatable bonds is 3. The first-order chi connectivity index (χ1) is 5.66. The average molecular weight is 189 g/mol. The molecule has 0 saturated heterocycles. The van der Waals surface area contributed by atoms with Crippen LogP contribution in [0.4, 0.5) is 4.79 Å². The molecule has 5 nitrogen and oxygen atoms in total. The van der Waals surface area contributed by atoms with E-state index >= 15 is 0 Å². The SMILES string of the molecule is CNC(C)(C)C(C)(C)N(O)C(N)=O. The fourth-order valence-corrected chi connectivity index (χ4v) is 0.846. The number of nitrogens with zero attached hydrogens (tertiary/aromatic N) is 1.